The maximum Gasteiger partial charge on any atom is 0.341 e. The molecule has 0 atom stereocenters. The summed E-state index contributed by atoms with van der Waals surface area (Å²) in [6.45, 7) is -0.0276. The molecule has 2 aromatic rings. The molecule has 11 heteroatoms. The molecule has 1 heterocycles. The summed E-state index contributed by atoms with van der Waals surface area (Å²) in [6, 6.07) is 7.84. The molecular formula is C19H18F2N2O6S. The second-order valence-corrected chi connectivity index (χ2v) is 8.23. The zero-order valence-corrected chi connectivity index (χ0v) is 16.5. The van der Waals surface area contributed by atoms with Crippen LogP contribution in [-0.2, 0) is 24.3 Å². The lowest BCUT2D eigenvalue weighted by Crippen LogP contribution is -2.40. The number of ether oxygens (including phenoxy) is 2. The van der Waals surface area contributed by atoms with Gasteiger partial charge in [-0.05, 0) is 36.4 Å². The number of morpholine rings is 1. The van der Waals surface area contributed by atoms with Gasteiger partial charge in [0.2, 0.25) is 10.0 Å². The Balaban J connectivity index is 1.68. The summed E-state index contributed by atoms with van der Waals surface area (Å²) in [7, 11) is -3.95. The van der Waals surface area contributed by atoms with Crippen molar-refractivity contribution in [2.24, 2.45) is 0 Å². The molecule has 0 saturated carbocycles. The van der Waals surface area contributed by atoms with Crippen molar-refractivity contribution in [1.82, 2.24) is 4.31 Å². The van der Waals surface area contributed by atoms with Gasteiger partial charge in [0, 0.05) is 18.8 Å². The van der Waals surface area contributed by atoms with E-state index in [1.165, 1.54) is 22.5 Å². The maximum absolute atomic E-state index is 14.1. The van der Waals surface area contributed by atoms with Crippen LogP contribution in [0.2, 0.25) is 0 Å². The molecule has 1 amide bonds. The minimum atomic E-state index is -3.95. The van der Waals surface area contributed by atoms with E-state index in [4.69, 9.17) is 9.47 Å². The predicted octanol–water partition coefficient (Wildman–Crippen LogP) is 1.78. The van der Waals surface area contributed by atoms with E-state index in [0.717, 1.165) is 24.3 Å². The highest BCUT2D eigenvalue weighted by Crippen LogP contribution is 2.21. The van der Waals surface area contributed by atoms with E-state index >= 15 is 0 Å². The van der Waals surface area contributed by atoms with Crippen LogP contribution >= 0.6 is 0 Å². The summed E-state index contributed by atoms with van der Waals surface area (Å²) in [4.78, 5) is 23.8. The van der Waals surface area contributed by atoms with Crippen molar-refractivity contribution < 1.29 is 36.3 Å². The highest BCUT2D eigenvalue weighted by Gasteiger charge is 2.28. The molecule has 1 fully saturated rings. The van der Waals surface area contributed by atoms with Gasteiger partial charge in [0.05, 0.1) is 23.7 Å². The van der Waals surface area contributed by atoms with Gasteiger partial charge in [-0.25, -0.2) is 22.0 Å². The van der Waals surface area contributed by atoms with Gasteiger partial charge in [-0.3, -0.25) is 4.79 Å². The Labute approximate surface area is 171 Å². The van der Waals surface area contributed by atoms with Gasteiger partial charge < -0.3 is 14.8 Å². The standard InChI is InChI=1S/C19H18F2N2O6S/c20-13-2-1-3-14(10-13)22-18(24)12-29-19(25)16-11-15(4-5-17(16)21)30(26,27)23-6-8-28-9-7-23/h1-5,10-11H,6-9,12H2,(H,22,24). The number of nitrogens with one attached hydrogen (secondary N) is 1. The highest BCUT2D eigenvalue weighted by atomic mass is 32.2. The summed E-state index contributed by atoms with van der Waals surface area (Å²) >= 11 is 0. The number of anilines is 1. The minimum absolute atomic E-state index is 0.139. The number of carbonyl (C=O) groups is 2. The van der Waals surface area contributed by atoms with E-state index < -0.39 is 45.7 Å². The number of hydrogen-bond donors (Lipinski definition) is 1. The summed E-state index contributed by atoms with van der Waals surface area (Å²) < 4.78 is 63.6. The molecule has 30 heavy (non-hydrogen) atoms. The molecule has 0 bridgehead atoms. The number of esters is 1. The van der Waals surface area contributed by atoms with E-state index in [1.807, 2.05) is 0 Å². The summed E-state index contributed by atoms with van der Waals surface area (Å²) in [6.07, 6.45) is 0. The Hall–Kier alpha value is -2.89. The van der Waals surface area contributed by atoms with Crippen LogP contribution in [0.3, 0.4) is 0 Å². The average Bonchev–Trinajstić information content (AvgIpc) is 2.73. The van der Waals surface area contributed by atoms with E-state index in [0.29, 0.717) is 0 Å². The van der Waals surface area contributed by atoms with Gasteiger partial charge in [0.1, 0.15) is 11.6 Å². The Kier molecular flexibility index (Phi) is 6.75. The number of sulfonamides is 1. The second kappa shape index (κ2) is 9.28. The molecule has 1 aliphatic rings. The van der Waals surface area contributed by atoms with Gasteiger partial charge in [0.15, 0.2) is 6.61 Å². The van der Waals surface area contributed by atoms with Crippen molar-refractivity contribution in [2.45, 2.75) is 4.90 Å². The first kappa shape index (κ1) is 21.8. The SMILES string of the molecule is O=C(COC(=O)c1cc(S(=O)(=O)N2CCOCC2)ccc1F)Nc1cccc(F)c1. The molecule has 160 valence electrons. The smallest absolute Gasteiger partial charge is 0.341 e. The maximum atomic E-state index is 14.1. The van der Waals surface area contributed by atoms with E-state index in [9.17, 15) is 26.8 Å². The molecule has 1 saturated heterocycles. The Bertz CT molecular complexity index is 1050. The number of carbonyl (C=O) groups excluding carboxylic acids is 2. The van der Waals surface area contributed by atoms with Gasteiger partial charge in [-0.2, -0.15) is 4.31 Å². The molecule has 0 spiro atoms. The van der Waals surface area contributed by atoms with Crippen molar-refractivity contribution in [3.63, 3.8) is 0 Å². The lowest BCUT2D eigenvalue weighted by atomic mass is 10.2. The topological polar surface area (TPSA) is 102 Å². The van der Waals surface area contributed by atoms with Gasteiger partial charge >= 0.3 is 5.97 Å². The van der Waals surface area contributed by atoms with Crippen molar-refractivity contribution in [1.29, 1.82) is 0 Å². The Morgan fingerprint density at radius 2 is 1.83 bits per heavy atom. The molecular weight excluding hydrogens is 422 g/mol. The van der Waals surface area contributed by atoms with Crippen LogP contribution in [-0.4, -0.2) is 57.5 Å². The zero-order valence-electron chi connectivity index (χ0n) is 15.6. The largest absolute Gasteiger partial charge is 0.452 e. The van der Waals surface area contributed by atoms with Crippen LogP contribution < -0.4 is 5.32 Å². The number of halogens is 2. The fourth-order valence-corrected chi connectivity index (χ4v) is 4.16. The lowest BCUT2D eigenvalue weighted by Gasteiger charge is -2.26. The van der Waals surface area contributed by atoms with Gasteiger partial charge in [0.25, 0.3) is 5.91 Å². The minimum Gasteiger partial charge on any atom is -0.452 e. The third-order valence-electron chi connectivity index (χ3n) is 4.21. The van der Waals surface area contributed by atoms with Crippen LogP contribution in [0.1, 0.15) is 10.4 Å². The van der Waals surface area contributed by atoms with Crippen LogP contribution in [0.5, 0.6) is 0 Å². The fraction of sp³-hybridized carbons (Fsp3) is 0.263. The van der Waals surface area contributed by atoms with E-state index in [2.05, 4.69) is 5.32 Å². The number of hydrogen-bond acceptors (Lipinski definition) is 6. The molecule has 1 aliphatic heterocycles. The van der Waals surface area contributed by atoms with E-state index in [1.54, 1.807) is 0 Å². The normalized spacial score (nSPS) is 14.9. The van der Waals surface area contributed by atoms with Crippen LogP contribution in [0.25, 0.3) is 0 Å². The first-order valence-corrected chi connectivity index (χ1v) is 10.3. The summed E-state index contributed by atoms with van der Waals surface area (Å²) in [5.41, 5.74) is -0.469. The van der Waals surface area contributed by atoms with Crippen LogP contribution in [0.4, 0.5) is 14.5 Å². The van der Waals surface area contributed by atoms with Crippen LogP contribution in [0.15, 0.2) is 47.4 Å². The van der Waals surface area contributed by atoms with E-state index in [-0.39, 0.29) is 36.9 Å². The van der Waals surface area contributed by atoms with Gasteiger partial charge in [-0.15, -0.1) is 0 Å². The quantitative estimate of drug-likeness (QED) is 0.687. The number of benzene rings is 2. The number of rotatable bonds is 6. The molecule has 0 aliphatic carbocycles. The van der Waals surface area contributed by atoms with Crippen LogP contribution in [0, 0.1) is 11.6 Å². The zero-order chi connectivity index (χ0) is 21.7. The highest BCUT2D eigenvalue weighted by molar-refractivity contribution is 7.89. The summed E-state index contributed by atoms with van der Waals surface area (Å²) in [5.74, 6) is -3.54. The molecule has 2 aromatic carbocycles. The third kappa shape index (κ3) is 5.17. The number of nitrogens with zero attached hydrogens (tertiary/aromatic N) is 1. The first-order valence-electron chi connectivity index (χ1n) is 8.87. The van der Waals surface area contributed by atoms with Crippen molar-refractivity contribution in [3.8, 4) is 0 Å². The summed E-state index contributed by atoms with van der Waals surface area (Å²) in [5, 5.41) is 2.32. The van der Waals surface area contributed by atoms with Crippen molar-refractivity contribution in [2.75, 3.05) is 38.2 Å². The molecule has 8 nitrogen and oxygen atoms in total. The Morgan fingerprint density at radius 1 is 1.10 bits per heavy atom. The average molecular weight is 440 g/mol. The third-order valence-corrected chi connectivity index (χ3v) is 6.10. The monoisotopic (exact) mass is 440 g/mol. The van der Waals surface area contributed by atoms with Crippen molar-refractivity contribution in [3.05, 3.63) is 59.7 Å². The molecule has 0 aromatic heterocycles. The number of amides is 1. The Morgan fingerprint density at radius 3 is 2.53 bits per heavy atom. The van der Waals surface area contributed by atoms with Crippen molar-refractivity contribution >= 4 is 27.6 Å². The molecule has 0 radical (unpaired) electrons. The molecule has 3 rings (SSSR count). The predicted molar refractivity (Wildman–Crippen MR) is 101 cm³/mol. The molecule has 1 N–H and O–H groups in total. The molecule has 0 unspecified atom stereocenters. The first-order chi connectivity index (χ1) is 14.3. The fourth-order valence-electron chi connectivity index (χ4n) is 2.73. The second-order valence-electron chi connectivity index (χ2n) is 6.29. The van der Waals surface area contributed by atoms with Gasteiger partial charge in [-0.1, -0.05) is 6.07 Å². The lowest BCUT2D eigenvalue weighted by molar-refractivity contribution is -0.119.